The molecule has 1 aliphatic rings. The van der Waals surface area contributed by atoms with E-state index in [-0.39, 0.29) is 39.8 Å². The molecule has 2 N–H and O–H groups in total. The number of ketones is 1. The van der Waals surface area contributed by atoms with Crippen molar-refractivity contribution < 1.29 is 23.8 Å². The molecule has 4 aromatic rings. The first-order valence-corrected chi connectivity index (χ1v) is 9.93. The van der Waals surface area contributed by atoms with Gasteiger partial charge in [-0.15, -0.1) is 0 Å². The Bertz CT molecular complexity index is 1590. The van der Waals surface area contributed by atoms with Gasteiger partial charge in [0, 0.05) is 28.6 Å². The van der Waals surface area contributed by atoms with Crippen molar-refractivity contribution in [2.45, 2.75) is 26.2 Å². The maximum atomic E-state index is 13.0. The van der Waals surface area contributed by atoms with E-state index < -0.39 is 34.6 Å². The molecule has 0 spiro atoms. The molecule has 2 aromatic heterocycles. The van der Waals surface area contributed by atoms with Gasteiger partial charge in [-0.05, 0) is 36.9 Å². The maximum Gasteiger partial charge on any atom is 0.336 e. The topological polar surface area (TPSA) is 127 Å². The van der Waals surface area contributed by atoms with Crippen LogP contribution in [0.25, 0.3) is 21.9 Å². The van der Waals surface area contributed by atoms with Crippen LogP contribution in [0.5, 0.6) is 11.5 Å². The third-order valence-electron chi connectivity index (χ3n) is 5.79. The van der Waals surface area contributed by atoms with Crippen LogP contribution in [0.4, 0.5) is 0 Å². The number of aromatic hydroxyl groups is 1. The molecule has 8 nitrogen and oxygen atoms in total. The molecule has 0 fully saturated rings. The number of hydrogen-bond donors (Lipinski definition) is 2. The highest BCUT2D eigenvalue weighted by molar-refractivity contribution is 6.09. The highest BCUT2D eigenvalue weighted by atomic mass is 16.5. The monoisotopic (exact) mass is 431 g/mol. The molecule has 0 aliphatic carbocycles. The number of Topliss-reactive ketones (excluding diaryl/α,β-unsaturated/α-hetero) is 1. The fraction of sp³-hybridized carbons (Fsp3) is 0.167. The number of para-hydroxylation sites is 1. The molecule has 32 heavy (non-hydrogen) atoms. The van der Waals surface area contributed by atoms with Crippen molar-refractivity contribution in [3.05, 3.63) is 79.4 Å². The Balaban J connectivity index is 1.95. The number of aromatic amines is 1. The zero-order valence-corrected chi connectivity index (χ0v) is 17.1. The molecule has 1 atom stereocenters. The minimum Gasteiger partial charge on any atom is -0.506 e. The summed E-state index contributed by atoms with van der Waals surface area (Å²) in [5.41, 5.74) is 0.184. The second-order valence-corrected chi connectivity index (χ2v) is 7.85. The summed E-state index contributed by atoms with van der Waals surface area (Å²) >= 11 is 0. The number of aryl methyl sites for hydroxylation is 1. The normalized spacial score (nSPS) is 15.6. The van der Waals surface area contributed by atoms with Crippen LogP contribution in [0.3, 0.4) is 0 Å². The summed E-state index contributed by atoms with van der Waals surface area (Å²) in [6, 6.07) is 10.0. The second-order valence-electron chi connectivity index (χ2n) is 7.85. The first-order chi connectivity index (χ1) is 15.3. The zero-order chi connectivity index (χ0) is 22.7. The SMILES string of the molecule is CC(=O)c1c2c(c3oc(=O)cc(C)c3c1O)[C@H](c1cc3ccccc3[nH]c1=O)CC(=O)O2. The second kappa shape index (κ2) is 6.91. The van der Waals surface area contributed by atoms with Gasteiger partial charge in [0.2, 0.25) is 0 Å². The van der Waals surface area contributed by atoms with Crippen LogP contribution in [0.15, 0.2) is 50.4 Å². The van der Waals surface area contributed by atoms with Crippen LogP contribution < -0.4 is 15.9 Å². The number of carbonyl (C=O) groups is 2. The number of H-pyrrole nitrogens is 1. The molecule has 0 radical (unpaired) electrons. The number of benzene rings is 2. The Labute approximate surface area is 180 Å². The number of aromatic nitrogens is 1. The van der Waals surface area contributed by atoms with Gasteiger partial charge < -0.3 is 19.2 Å². The van der Waals surface area contributed by atoms with Crippen LogP contribution in [0.1, 0.15) is 46.3 Å². The van der Waals surface area contributed by atoms with E-state index in [1.165, 1.54) is 13.0 Å². The van der Waals surface area contributed by atoms with Crippen molar-refractivity contribution in [2.75, 3.05) is 0 Å². The van der Waals surface area contributed by atoms with Gasteiger partial charge in [0.1, 0.15) is 16.9 Å². The summed E-state index contributed by atoms with van der Waals surface area (Å²) in [5.74, 6) is -2.69. The predicted molar refractivity (Wildman–Crippen MR) is 116 cm³/mol. The summed E-state index contributed by atoms with van der Waals surface area (Å²) in [7, 11) is 0. The molecule has 2 aromatic carbocycles. The summed E-state index contributed by atoms with van der Waals surface area (Å²) in [4.78, 5) is 52.9. The Kier molecular flexibility index (Phi) is 4.27. The van der Waals surface area contributed by atoms with Crippen molar-refractivity contribution in [1.29, 1.82) is 0 Å². The van der Waals surface area contributed by atoms with Gasteiger partial charge >= 0.3 is 11.6 Å². The van der Waals surface area contributed by atoms with Gasteiger partial charge in [-0.2, -0.15) is 0 Å². The quantitative estimate of drug-likeness (QED) is 0.216. The zero-order valence-electron chi connectivity index (χ0n) is 17.1. The molecular formula is C24H17NO7. The van der Waals surface area contributed by atoms with E-state index in [0.29, 0.717) is 11.1 Å². The Morgan fingerprint density at radius 1 is 1.16 bits per heavy atom. The predicted octanol–water partition coefficient (Wildman–Crippen LogP) is 3.29. The smallest absolute Gasteiger partial charge is 0.336 e. The van der Waals surface area contributed by atoms with Gasteiger partial charge in [-0.25, -0.2) is 4.79 Å². The van der Waals surface area contributed by atoms with Crippen molar-refractivity contribution in [2.24, 2.45) is 0 Å². The first kappa shape index (κ1) is 19.7. The molecule has 0 bridgehead atoms. The van der Waals surface area contributed by atoms with E-state index in [9.17, 15) is 24.3 Å². The van der Waals surface area contributed by atoms with Gasteiger partial charge in [0.25, 0.3) is 5.56 Å². The summed E-state index contributed by atoms with van der Waals surface area (Å²) in [6.07, 6.45) is -0.205. The minimum atomic E-state index is -0.856. The van der Waals surface area contributed by atoms with Crippen molar-refractivity contribution in [3.8, 4) is 11.5 Å². The largest absolute Gasteiger partial charge is 0.506 e. The molecule has 0 amide bonds. The number of ether oxygens (including phenoxy) is 1. The molecule has 3 heterocycles. The fourth-order valence-electron chi connectivity index (χ4n) is 4.43. The molecular weight excluding hydrogens is 414 g/mol. The van der Waals surface area contributed by atoms with Gasteiger partial charge in [0.15, 0.2) is 11.5 Å². The average molecular weight is 431 g/mol. The Morgan fingerprint density at radius 2 is 1.91 bits per heavy atom. The number of carbonyl (C=O) groups excluding carboxylic acids is 2. The number of rotatable bonds is 2. The molecule has 0 saturated heterocycles. The molecule has 160 valence electrons. The number of hydrogen-bond acceptors (Lipinski definition) is 7. The van der Waals surface area contributed by atoms with E-state index in [4.69, 9.17) is 9.15 Å². The summed E-state index contributed by atoms with van der Waals surface area (Å²) in [6.45, 7) is 2.83. The van der Waals surface area contributed by atoms with Gasteiger partial charge in [0.05, 0.1) is 11.8 Å². The van der Waals surface area contributed by atoms with Crippen LogP contribution in [0.2, 0.25) is 0 Å². The van der Waals surface area contributed by atoms with E-state index in [1.807, 2.05) is 12.1 Å². The number of phenolic OH excluding ortho intramolecular Hbond substituents is 1. The lowest BCUT2D eigenvalue weighted by Crippen LogP contribution is -2.27. The summed E-state index contributed by atoms with van der Waals surface area (Å²) in [5, 5.41) is 11.8. The fourth-order valence-corrected chi connectivity index (χ4v) is 4.43. The lowest BCUT2D eigenvalue weighted by molar-refractivity contribution is -0.135. The lowest BCUT2D eigenvalue weighted by Gasteiger charge is -2.27. The lowest BCUT2D eigenvalue weighted by atomic mass is 9.83. The van der Waals surface area contributed by atoms with Crippen molar-refractivity contribution in [3.63, 3.8) is 0 Å². The number of pyridine rings is 1. The Hall–Kier alpha value is -4.20. The van der Waals surface area contributed by atoms with Crippen LogP contribution in [-0.4, -0.2) is 21.8 Å². The van der Waals surface area contributed by atoms with Crippen LogP contribution in [-0.2, 0) is 4.79 Å². The van der Waals surface area contributed by atoms with E-state index in [1.54, 1.807) is 25.1 Å². The highest BCUT2D eigenvalue weighted by Gasteiger charge is 2.38. The third kappa shape index (κ3) is 2.84. The standard InChI is InChI=1S/C24H17NO7/c1-10-7-16(27)31-22-18(10)21(29)19(11(2)26)23-20(22)13(9-17(28)32-23)14-8-12-5-3-4-6-15(12)25-24(14)30/h3-8,13,29H,9H2,1-2H3,(H,25,30)/t13-/m0/s1. The molecule has 0 saturated carbocycles. The van der Waals surface area contributed by atoms with E-state index >= 15 is 0 Å². The van der Waals surface area contributed by atoms with Gasteiger partial charge in [-0.3, -0.25) is 14.4 Å². The summed E-state index contributed by atoms with van der Waals surface area (Å²) < 4.78 is 10.8. The third-order valence-corrected chi connectivity index (χ3v) is 5.79. The number of nitrogens with one attached hydrogen (secondary N) is 1. The Morgan fingerprint density at radius 3 is 2.66 bits per heavy atom. The number of esters is 1. The molecule has 8 heteroatoms. The van der Waals surface area contributed by atoms with Crippen LogP contribution >= 0.6 is 0 Å². The van der Waals surface area contributed by atoms with Gasteiger partial charge in [-0.1, -0.05) is 18.2 Å². The first-order valence-electron chi connectivity index (χ1n) is 9.93. The maximum absolute atomic E-state index is 13.0. The number of fused-ring (bicyclic) bond motifs is 4. The minimum absolute atomic E-state index is 0.0161. The van der Waals surface area contributed by atoms with Crippen LogP contribution in [0, 0.1) is 6.92 Å². The molecule has 0 unspecified atom stereocenters. The average Bonchev–Trinajstić information content (AvgIpc) is 2.71. The molecule has 1 aliphatic heterocycles. The molecule has 5 rings (SSSR count). The van der Waals surface area contributed by atoms with Crippen molar-refractivity contribution in [1.82, 2.24) is 4.98 Å². The highest BCUT2D eigenvalue weighted by Crippen LogP contribution is 2.49. The van der Waals surface area contributed by atoms with Crippen molar-refractivity contribution >= 4 is 33.6 Å². The van der Waals surface area contributed by atoms with E-state index in [2.05, 4.69) is 4.98 Å². The number of phenols is 1. The van der Waals surface area contributed by atoms with E-state index in [0.717, 1.165) is 5.39 Å².